The van der Waals surface area contributed by atoms with Crippen molar-refractivity contribution in [1.29, 1.82) is 0 Å². The topological polar surface area (TPSA) is 51.0 Å². The second-order valence-corrected chi connectivity index (χ2v) is 5.65. The molecule has 27 heavy (non-hydrogen) atoms. The molecule has 0 spiro atoms. The lowest BCUT2D eigenvalue weighted by molar-refractivity contribution is -0.134. The number of hydrogen-bond acceptors (Lipinski definition) is 4. The summed E-state index contributed by atoms with van der Waals surface area (Å²) in [6.45, 7) is 0. The van der Waals surface area contributed by atoms with Gasteiger partial charge in [-0.1, -0.05) is 60.7 Å². The van der Waals surface area contributed by atoms with Crippen LogP contribution >= 0.6 is 0 Å². The smallest absolute Gasteiger partial charge is 0.330 e. The average Bonchev–Trinajstić information content (AvgIpc) is 2.74. The Labute approximate surface area is 158 Å². The Morgan fingerprint density at radius 2 is 1.52 bits per heavy atom. The van der Waals surface area contributed by atoms with Gasteiger partial charge in [-0.15, -0.1) is 0 Å². The minimum absolute atomic E-state index is 0.416. The summed E-state index contributed by atoms with van der Waals surface area (Å²) in [5.41, 5.74) is 4.51. The Bertz CT molecular complexity index is 1000. The lowest BCUT2D eigenvalue weighted by atomic mass is 10.1. The number of carbonyl (C=O) groups excluding carboxylic acids is 1. The van der Waals surface area contributed by atoms with Gasteiger partial charge in [0, 0.05) is 11.6 Å². The van der Waals surface area contributed by atoms with E-state index in [1.807, 2.05) is 66.7 Å². The molecule has 0 saturated heterocycles. The van der Waals surface area contributed by atoms with Crippen LogP contribution in [0, 0.1) is 0 Å². The van der Waals surface area contributed by atoms with Gasteiger partial charge in [0.25, 0.3) is 0 Å². The third-order valence-electron chi connectivity index (χ3n) is 3.86. The van der Waals surface area contributed by atoms with Crippen LogP contribution in [0.1, 0.15) is 5.56 Å². The molecule has 4 nitrogen and oxygen atoms in total. The average molecular weight is 354 g/mol. The molecule has 0 heterocycles. The third kappa shape index (κ3) is 5.11. The zero-order valence-corrected chi connectivity index (χ0v) is 14.9. The highest BCUT2D eigenvalue weighted by Crippen LogP contribution is 2.23. The molecule has 132 valence electrons. The summed E-state index contributed by atoms with van der Waals surface area (Å²) in [6, 6.07) is 28.2. The van der Waals surface area contributed by atoms with Crippen LogP contribution in [-0.4, -0.2) is 19.1 Å². The highest BCUT2D eigenvalue weighted by atomic mass is 16.5. The summed E-state index contributed by atoms with van der Waals surface area (Å²) in [4.78, 5) is 19.8. The summed E-state index contributed by atoms with van der Waals surface area (Å²) in [5.74, 6) is -0.416. The molecule has 0 aliphatic carbocycles. The zero-order chi connectivity index (χ0) is 18.9. The van der Waals surface area contributed by atoms with Gasteiger partial charge < -0.3 is 4.74 Å². The van der Waals surface area contributed by atoms with Gasteiger partial charge in [0.2, 0.25) is 0 Å². The fraction of sp³-hybridized carbons (Fsp3) is 0.0435. The number of carbonyl (C=O) groups is 1. The summed E-state index contributed by atoms with van der Waals surface area (Å²) in [5, 5.41) is 0. The minimum Gasteiger partial charge on any atom is -0.466 e. The Morgan fingerprint density at radius 3 is 2.26 bits per heavy atom. The first-order valence-electron chi connectivity index (χ1n) is 8.43. The summed E-state index contributed by atoms with van der Waals surface area (Å²) in [7, 11) is 1.34. The van der Waals surface area contributed by atoms with Gasteiger partial charge >= 0.3 is 5.97 Å². The molecule has 0 radical (unpaired) electrons. The van der Waals surface area contributed by atoms with Crippen molar-refractivity contribution in [1.82, 2.24) is 0 Å². The Balaban J connectivity index is 1.77. The van der Waals surface area contributed by atoms with Crippen LogP contribution in [0.2, 0.25) is 0 Å². The highest BCUT2D eigenvalue weighted by molar-refractivity contribution is 5.88. The molecular weight excluding hydrogens is 336 g/mol. The third-order valence-corrected chi connectivity index (χ3v) is 3.86. The monoisotopic (exact) mass is 354 g/mol. The second-order valence-electron chi connectivity index (χ2n) is 5.65. The van der Waals surface area contributed by atoms with Crippen molar-refractivity contribution >= 4 is 29.4 Å². The molecule has 0 aromatic heterocycles. The van der Waals surface area contributed by atoms with Gasteiger partial charge in [-0.05, 0) is 35.4 Å². The van der Waals surface area contributed by atoms with Gasteiger partial charge in [-0.25, -0.2) is 4.79 Å². The number of rotatable bonds is 5. The molecule has 0 atom stereocenters. The van der Waals surface area contributed by atoms with Crippen LogP contribution in [0.15, 0.2) is 94.9 Å². The predicted octanol–water partition coefficient (Wildman–Crippen LogP) is 5.68. The fourth-order valence-corrected chi connectivity index (χ4v) is 2.45. The SMILES string of the molecule is COC(=O)/C=C/c1ccccc1N=C=Nc1ccc(-c2ccccc2)cc1. The summed E-state index contributed by atoms with van der Waals surface area (Å²) >= 11 is 0. The number of para-hydroxylation sites is 1. The number of ether oxygens (including phenoxy) is 1. The van der Waals surface area contributed by atoms with E-state index in [1.165, 1.54) is 13.2 Å². The van der Waals surface area contributed by atoms with E-state index in [1.54, 1.807) is 6.08 Å². The van der Waals surface area contributed by atoms with Gasteiger partial charge in [-0.3, -0.25) is 0 Å². The lowest BCUT2D eigenvalue weighted by Crippen LogP contribution is -1.93. The Morgan fingerprint density at radius 1 is 0.852 bits per heavy atom. The van der Waals surface area contributed by atoms with Crippen LogP contribution in [0.5, 0.6) is 0 Å². The van der Waals surface area contributed by atoms with Crippen LogP contribution in [0.25, 0.3) is 17.2 Å². The molecule has 0 aliphatic heterocycles. The molecule has 3 aromatic carbocycles. The van der Waals surface area contributed by atoms with E-state index < -0.39 is 5.97 Å². The summed E-state index contributed by atoms with van der Waals surface area (Å²) in [6.07, 6.45) is 3.01. The Hall–Kier alpha value is -3.75. The van der Waals surface area contributed by atoms with Gasteiger partial charge in [-0.2, -0.15) is 9.98 Å². The molecule has 0 unspecified atom stereocenters. The number of esters is 1. The number of methoxy groups -OCH3 is 1. The molecule has 0 saturated carbocycles. The molecule has 3 rings (SSSR count). The first-order valence-corrected chi connectivity index (χ1v) is 8.43. The first-order chi connectivity index (χ1) is 13.3. The maximum Gasteiger partial charge on any atom is 0.330 e. The zero-order valence-electron chi connectivity index (χ0n) is 14.9. The normalized spacial score (nSPS) is 10.3. The van der Waals surface area contributed by atoms with E-state index in [0.29, 0.717) is 5.69 Å². The largest absolute Gasteiger partial charge is 0.466 e. The number of aliphatic imine (C=N–C) groups is 2. The molecule has 0 amide bonds. The molecule has 3 aromatic rings. The fourth-order valence-electron chi connectivity index (χ4n) is 2.45. The molecule has 0 fully saturated rings. The quantitative estimate of drug-likeness (QED) is 0.336. The van der Waals surface area contributed by atoms with Crippen molar-refractivity contribution in [2.24, 2.45) is 9.98 Å². The van der Waals surface area contributed by atoms with Crippen molar-refractivity contribution in [3.8, 4) is 11.1 Å². The minimum atomic E-state index is -0.416. The maximum absolute atomic E-state index is 11.3. The Kier molecular flexibility index (Phi) is 6.08. The number of nitrogens with zero attached hydrogens (tertiary/aromatic N) is 2. The predicted molar refractivity (Wildman–Crippen MR) is 109 cm³/mol. The number of hydrogen-bond donors (Lipinski definition) is 0. The lowest BCUT2D eigenvalue weighted by Gasteiger charge is -2.00. The standard InChI is InChI=1S/C23H18N2O2/c1-27-23(26)16-13-20-9-5-6-10-22(20)25-17-24-21-14-11-19(12-15-21)18-7-3-2-4-8-18/h2-16H,1H3/b16-13+. The maximum atomic E-state index is 11.3. The second kappa shape index (κ2) is 9.09. The van der Waals surface area contributed by atoms with E-state index >= 15 is 0 Å². The van der Waals surface area contributed by atoms with E-state index in [2.05, 4.69) is 32.9 Å². The van der Waals surface area contributed by atoms with E-state index in [0.717, 1.165) is 22.4 Å². The van der Waals surface area contributed by atoms with E-state index in [9.17, 15) is 4.79 Å². The van der Waals surface area contributed by atoms with Gasteiger partial charge in [0.15, 0.2) is 0 Å². The van der Waals surface area contributed by atoms with Crippen molar-refractivity contribution < 1.29 is 9.53 Å². The molecule has 0 aliphatic rings. The van der Waals surface area contributed by atoms with Gasteiger partial charge in [0.1, 0.15) is 6.01 Å². The molecule has 0 bridgehead atoms. The van der Waals surface area contributed by atoms with Gasteiger partial charge in [0.05, 0.1) is 18.5 Å². The molecular formula is C23H18N2O2. The van der Waals surface area contributed by atoms with Crippen molar-refractivity contribution in [3.05, 3.63) is 90.5 Å². The molecule has 4 heteroatoms. The molecule has 0 N–H and O–H groups in total. The van der Waals surface area contributed by atoms with Crippen LogP contribution in [0.4, 0.5) is 11.4 Å². The summed E-state index contributed by atoms with van der Waals surface area (Å²) < 4.78 is 4.60. The van der Waals surface area contributed by atoms with Crippen LogP contribution in [-0.2, 0) is 9.53 Å². The van der Waals surface area contributed by atoms with Crippen molar-refractivity contribution in [3.63, 3.8) is 0 Å². The van der Waals surface area contributed by atoms with Crippen LogP contribution < -0.4 is 0 Å². The number of benzene rings is 3. The van der Waals surface area contributed by atoms with Crippen molar-refractivity contribution in [2.75, 3.05) is 7.11 Å². The van der Waals surface area contributed by atoms with Crippen molar-refractivity contribution in [2.45, 2.75) is 0 Å². The van der Waals surface area contributed by atoms with E-state index in [-0.39, 0.29) is 0 Å². The van der Waals surface area contributed by atoms with E-state index in [4.69, 9.17) is 0 Å². The van der Waals surface area contributed by atoms with Crippen LogP contribution in [0.3, 0.4) is 0 Å². The first kappa shape index (κ1) is 18.1. The highest BCUT2D eigenvalue weighted by Gasteiger charge is 1.98.